The number of fused-ring (bicyclic) bond motifs is 1. The molecule has 0 bridgehead atoms. The Morgan fingerprint density at radius 2 is 0.870 bits per heavy atom. The van der Waals surface area contributed by atoms with Crippen LogP contribution in [-0.2, 0) is 0 Å². The fraction of sp³-hybridized carbons (Fsp3) is 0. The SMILES string of the molecule is [2H]c1c([2H])c([2H])c(-c2ccc(N(c3ccc(-c4cccc(-c5cc6ccccc6o5)c4)cc3)c3ccc(-c4c([2H])c([2H])c([2H])c([2H])c4[2H])cc3)cc2)c([2H])c1[2H]. The molecule has 1 aromatic heterocycles. The first-order chi connectivity index (χ1) is 26.9. The smallest absolute Gasteiger partial charge is 0.135 e. The number of rotatable bonds is 7. The largest absolute Gasteiger partial charge is 0.456 e. The first-order valence-electron chi connectivity index (χ1n) is 19.8. The molecule has 7 aromatic carbocycles. The van der Waals surface area contributed by atoms with Crippen molar-refractivity contribution < 1.29 is 18.1 Å². The third-order valence-corrected chi connectivity index (χ3v) is 7.86. The van der Waals surface area contributed by atoms with Crippen molar-refractivity contribution in [1.82, 2.24) is 0 Å². The van der Waals surface area contributed by atoms with Crippen LogP contribution in [0.25, 0.3) is 55.7 Å². The molecule has 8 aromatic rings. The Labute approximate surface area is 283 Å². The Balaban J connectivity index is 1.19. The number of para-hydroxylation sites is 1. The molecular formula is C44H31NO. The molecule has 218 valence electrons. The van der Waals surface area contributed by atoms with Crippen LogP contribution < -0.4 is 4.90 Å². The Morgan fingerprint density at radius 3 is 1.39 bits per heavy atom. The molecule has 0 atom stereocenters. The molecule has 0 saturated carbocycles. The molecule has 0 saturated heterocycles. The summed E-state index contributed by atoms with van der Waals surface area (Å²) in [5.74, 6) is 0.773. The Morgan fingerprint density at radius 1 is 0.391 bits per heavy atom. The van der Waals surface area contributed by atoms with E-state index in [-0.39, 0.29) is 35.3 Å². The molecule has 8 rings (SSSR count). The van der Waals surface area contributed by atoms with E-state index in [0.29, 0.717) is 22.5 Å². The number of hydrogen-bond donors (Lipinski definition) is 0. The van der Waals surface area contributed by atoms with E-state index < -0.39 is 36.3 Å². The Bertz CT molecular complexity index is 2590. The second kappa shape index (κ2) is 12.1. The second-order valence-electron chi connectivity index (χ2n) is 10.7. The number of benzene rings is 7. The van der Waals surface area contributed by atoms with Crippen LogP contribution in [0.2, 0.25) is 0 Å². The van der Waals surface area contributed by atoms with Gasteiger partial charge in [0.2, 0.25) is 0 Å². The second-order valence-corrected chi connectivity index (χ2v) is 10.7. The highest BCUT2D eigenvalue weighted by molar-refractivity contribution is 5.85. The van der Waals surface area contributed by atoms with Gasteiger partial charge in [0.15, 0.2) is 0 Å². The zero-order valence-electron chi connectivity index (χ0n) is 34.5. The molecule has 0 aliphatic heterocycles. The van der Waals surface area contributed by atoms with E-state index in [0.717, 1.165) is 39.1 Å². The van der Waals surface area contributed by atoms with Crippen molar-refractivity contribution in [1.29, 1.82) is 0 Å². The van der Waals surface area contributed by atoms with E-state index in [2.05, 4.69) is 6.07 Å². The topological polar surface area (TPSA) is 16.4 Å². The van der Waals surface area contributed by atoms with Gasteiger partial charge in [-0.15, -0.1) is 0 Å². The molecule has 0 spiro atoms. The molecule has 1 heterocycles. The van der Waals surface area contributed by atoms with Gasteiger partial charge >= 0.3 is 0 Å². The van der Waals surface area contributed by atoms with Gasteiger partial charge < -0.3 is 9.32 Å². The summed E-state index contributed by atoms with van der Waals surface area (Å²) in [5, 5.41) is 1.03. The molecule has 0 unspecified atom stereocenters. The van der Waals surface area contributed by atoms with Crippen molar-refractivity contribution in [2.75, 3.05) is 4.90 Å². The lowest BCUT2D eigenvalue weighted by molar-refractivity contribution is 0.631. The van der Waals surface area contributed by atoms with Crippen LogP contribution in [-0.4, -0.2) is 0 Å². The van der Waals surface area contributed by atoms with Crippen molar-refractivity contribution >= 4 is 28.0 Å². The highest BCUT2D eigenvalue weighted by Gasteiger charge is 2.14. The fourth-order valence-corrected chi connectivity index (χ4v) is 5.57. The van der Waals surface area contributed by atoms with E-state index in [1.165, 1.54) is 0 Å². The van der Waals surface area contributed by atoms with Crippen molar-refractivity contribution in [3.05, 3.63) is 188 Å². The highest BCUT2D eigenvalue weighted by atomic mass is 16.3. The number of anilines is 3. The van der Waals surface area contributed by atoms with Crippen LogP contribution in [0.3, 0.4) is 0 Å². The summed E-state index contributed by atoms with van der Waals surface area (Å²) >= 11 is 0. The maximum Gasteiger partial charge on any atom is 0.135 e. The van der Waals surface area contributed by atoms with Gasteiger partial charge in [0.1, 0.15) is 11.3 Å². The van der Waals surface area contributed by atoms with Crippen LogP contribution in [0.15, 0.2) is 192 Å². The molecule has 46 heavy (non-hydrogen) atoms. The third kappa shape index (κ3) is 5.49. The van der Waals surface area contributed by atoms with E-state index in [1.807, 2.05) is 102 Å². The number of hydrogen-bond acceptors (Lipinski definition) is 2. The summed E-state index contributed by atoms with van der Waals surface area (Å²) in [6.07, 6.45) is 0. The maximum absolute atomic E-state index is 8.47. The van der Waals surface area contributed by atoms with Gasteiger partial charge in [-0.3, -0.25) is 0 Å². The lowest BCUT2D eigenvalue weighted by atomic mass is 10.0. The van der Waals surface area contributed by atoms with Crippen LogP contribution >= 0.6 is 0 Å². The molecule has 0 aliphatic rings. The number of nitrogens with zero attached hydrogens (tertiary/aromatic N) is 1. The van der Waals surface area contributed by atoms with Crippen LogP contribution in [0, 0.1) is 0 Å². The molecule has 0 aliphatic carbocycles. The van der Waals surface area contributed by atoms with E-state index in [4.69, 9.17) is 18.1 Å². The van der Waals surface area contributed by atoms with Crippen molar-refractivity contribution in [3.8, 4) is 44.7 Å². The minimum Gasteiger partial charge on any atom is -0.456 e. The lowest BCUT2D eigenvalue weighted by Gasteiger charge is -2.26. The molecule has 0 amide bonds. The van der Waals surface area contributed by atoms with Crippen LogP contribution in [0.1, 0.15) is 13.7 Å². The summed E-state index contributed by atoms with van der Waals surface area (Å²) < 4.78 is 88.6. The average Bonchev–Trinajstić information content (AvgIpc) is 3.67. The zero-order chi connectivity index (χ0) is 39.4. The minimum absolute atomic E-state index is 0.103. The summed E-state index contributed by atoms with van der Waals surface area (Å²) in [6, 6.07) is 36.4. The van der Waals surface area contributed by atoms with Crippen molar-refractivity contribution in [2.24, 2.45) is 0 Å². The Hall–Kier alpha value is -6.12. The first kappa shape index (κ1) is 18.6. The first-order valence-corrected chi connectivity index (χ1v) is 14.8. The van der Waals surface area contributed by atoms with Gasteiger partial charge in [-0.25, -0.2) is 0 Å². The van der Waals surface area contributed by atoms with Gasteiger partial charge in [-0.2, -0.15) is 0 Å². The van der Waals surface area contributed by atoms with Gasteiger partial charge in [0.05, 0.1) is 13.7 Å². The van der Waals surface area contributed by atoms with Crippen molar-refractivity contribution in [3.63, 3.8) is 0 Å². The summed E-state index contributed by atoms with van der Waals surface area (Å²) in [5.41, 5.74) is 7.05. The molecule has 0 N–H and O–H groups in total. The third-order valence-electron chi connectivity index (χ3n) is 7.86. The normalized spacial score (nSPS) is 14.1. The van der Waals surface area contributed by atoms with Gasteiger partial charge in [-0.1, -0.05) is 133 Å². The minimum atomic E-state index is -0.455. The average molecular weight is 600 g/mol. The van der Waals surface area contributed by atoms with Gasteiger partial charge in [0.25, 0.3) is 0 Å². The molecule has 0 radical (unpaired) electrons. The predicted octanol–water partition coefficient (Wildman–Crippen LogP) is 12.6. The molecule has 2 heteroatoms. The summed E-state index contributed by atoms with van der Waals surface area (Å²) in [7, 11) is 0. The van der Waals surface area contributed by atoms with Crippen LogP contribution in [0.5, 0.6) is 0 Å². The van der Waals surface area contributed by atoms with E-state index >= 15 is 0 Å². The quantitative estimate of drug-likeness (QED) is 0.181. The number of furan rings is 1. The lowest BCUT2D eigenvalue weighted by Crippen LogP contribution is -2.09. The van der Waals surface area contributed by atoms with Crippen molar-refractivity contribution in [2.45, 2.75) is 0 Å². The summed E-state index contributed by atoms with van der Waals surface area (Å²) in [6.45, 7) is 0. The van der Waals surface area contributed by atoms with Crippen LogP contribution in [0.4, 0.5) is 17.1 Å². The molecule has 0 fully saturated rings. The van der Waals surface area contributed by atoms with E-state index in [1.54, 1.807) is 24.3 Å². The fourth-order valence-electron chi connectivity index (χ4n) is 5.57. The highest BCUT2D eigenvalue weighted by Crippen LogP contribution is 2.38. The van der Waals surface area contributed by atoms with Gasteiger partial charge in [0, 0.05) is 28.0 Å². The molecule has 2 nitrogen and oxygen atoms in total. The van der Waals surface area contributed by atoms with Gasteiger partial charge in [-0.05, 0) is 88.0 Å². The predicted molar refractivity (Wildman–Crippen MR) is 193 cm³/mol. The maximum atomic E-state index is 8.47. The zero-order valence-corrected chi connectivity index (χ0v) is 24.5. The van der Waals surface area contributed by atoms with E-state index in [9.17, 15) is 0 Å². The monoisotopic (exact) mass is 599 g/mol. The standard InChI is InChI=1S/C44H31NO/c1-3-10-32(11-4-1)34-18-24-40(25-19-34)45(41-26-20-35(21-27-41)33-12-5-2-6-13-33)42-28-22-36(23-29-42)37-15-9-16-38(30-37)44-31-39-14-7-8-17-43(39)46-44/h1-31H/i1D,2D,3D,4D,5D,6D,10D,11D,12D,13D. The Kier molecular flexibility index (Phi) is 4.90. The summed E-state index contributed by atoms with van der Waals surface area (Å²) in [4.78, 5) is 1.98. The molecular weight excluding hydrogens is 558 g/mol.